The molecule has 2 aliphatic rings. The van der Waals surface area contributed by atoms with Crippen LogP contribution < -0.4 is 10.6 Å². The summed E-state index contributed by atoms with van der Waals surface area (Å²) in [6.45, 7) is 3.78. The number of hydrogen-bond acceptors (Lipinski definition) is 5. The lowest BCUT2D eigenvalue weighted by Crippen LogP contribution is -2.49. The first kappa shape index (κ1) is 17.3. The summed E-state index contributed by atoms with van der Waals surface area (Å²) in [4.78, 5) is 37.4. The molecule has 8 heteroatoms. The van der Waals surface area contributed by atoms with E-state index in [2.05, 4.69) is 10.6 Å². The summed E-state index contributed by atoms with van der Waals surface area (Å²) in [7, 11) is 0. The molecular formula is C17H22N4O4. The van der Waals surface area contributed by atoms with E-state index in [4.69, 9.17) is 0 Å². The SMILES string of the molecule is Cc1cc(C(=O)N2CCCC2C(=O)NC2CCNC2)ccc1[N+](=O)[O-]. The van der Waals surface area contributed by atoms with Crippen LogP contribution in [-0.2, 0) is 4.79 Å². The van der Waals surface area contributed by atoms with Crippen LogP contribution in [-0.4, -0.2) is 53.4 Å². The second-order valence-electron chi connectivity index (χ2n) is 6.61. The van der Waals surface area contributed by atoms with E-state index in [1.807, 2.05) is 0 Å². The first-order chi connectivity index (χ1) is 12.0. The molecule has 2 fully saturated rings. The molecule has 2 unspecified atom stereocenters. The molecule has 0 spiro atoms. The molecule has 2 N–H and O–H groups in total. The fraction of sp³-hybridized carbons (Fsp3) is 0.529. The number of benzene rings is 1. The standard InChI is InChI=1S/C17H22N4O4/c1-11-9-12(4-5-14(11)21(24)25)17(23)20-8-2-3-15(20)16(22)19-13-6-7-18-10-13/h4-5,9,13,15,18H,2-3,6-8,10H2,1H3,(H,19,22). The lowest BCUT2D eigenvalue weighted by Gasteiger charge is -2.25. The van der Waals surface area contributed by atoms with Crippen molar-refractivity contribution >= 4 is 17.5 Å². The Labute approximate surface area is 145 Å². The Kier molecular flexibility index (Phi) is 4.98. The summed E-state index contributed by atoms with van der Waals surface area (Å²) in [5, 5.41) is 17.1. The predicted octanol–water partition coefficient (Wildman–Crippen LogP) is 0.986. The van der Waals surface area contributed by atoms with E-state index in [1.165, 1.54) is 18.2 Å². The highest BCUT2D eigenvalue weighted by molar-refractivity contribution is 5.98. The molecule has 0 saturated carbocycles. The molecule has 0 radical (unpaired) electrons. The average molecular weight is 346 g/mol. The number of carbonyl (C=O) groups excluding carboxylic acids is 2. The van der Waals surface area contributed by atoms with Crippen LogP contribution in [0.3, 0.4) is 0 Å². The fourth-order valence-electron chi connectivity index (χ4n) is 3.52. The molecule has 134 valence electrons. The molecule has 1 aromatic carbocycles. The van der Waals surface area contributed by atoms with Crippen molar-refractivity contribution in [1.82, 2.24) is 15.5 Å². The van der Waals surface area contributed by atoms with Crippen molar-refractivity contribution in [2.24, 2.45) is 0 Å². The highest BCUT2D eigenvalue weighted by Crippen LogP contribution is 2.24. The Balaban J connectivity index is 1.73. The molecule has 25 heavy (non-hydrogen) atoms. The van der Waals surface area contributed by atoms with Crippen molar-refractivity contribution in [2.45, 2.75) is 38.3 Å². The highest BCUT2D eigenvalue weighted by atomic mass is 16.6. The number of likely N-dealkylation sites (tertiary alicyclic amines) is 1. The van der Waals surface area contributed by atoms with Gasteiger partial charge in [-0.1, -0.05) is 0 Å². The van der Waals surface area contributed by atoms with E-state index >= 15 is 0 Å². The molecule has 1 aromatic rings. The van der Waals surface area contributed by atoms with Crippen molar-refractivity contribution in [1.29, 1.82) is 0 Å². The molecule has 0 aliphatic carbocycles. The second kappa shape index (κ2) is 7.18. The van der Waals surface area contributed by atoms with E-state index in [0.29, 0.717) is 24.1 Å². The number of nitro benzene ring substituents is 1. The zero-order chi connectivity index (χ0) is 18.0. The number of nitrogens with one attached hydrogen (secondary N) is 2. The van der Waals surface area contributed by atoms with Crippen LogP contribution in [0.5, 0.6) is 0 Å². The van der Waals surface area contributed by atoms with E-state index in [9.17, 15) is 19.7 Å². The van der Waals surface area contributed by atoms with Crippen LogP contribution in [0.1, 0.15) is 35.2 Å². The van der Waals surface area contributed by atoms with Crippen LogP contribution in [0.15, 0.2) is 18.2 Å². The molecule has 8 nitrogen and oxygen atoms in total. The van der Waals surface area contributed by atoms with Crippen molar-refractivity contribution < 1.29 is 14.5 Å². The van der Waals surface area contributed by atoms with Gasteiger partial charge >= 0.3 is 0 Å². The zero-order valence-corrected chi connectivity index (χ0v) is 14.2. The number of amides is 2. The molecule has 2 saturated heterocycles. The van der Waals surface area contributed by atoms with Crippen LogP contribution in [0.25, 0.3) is 0 Å². The van der Waals surface area contributed by atoms with Crippen molar-refractivity contribution in [3.63, 3.8) is 0 Å². The van der Waals surface area contributed by atoms with Crippen molar-refractivity contribution in [3.05, 3.63) is 39.4 Å². The van der Waals surface area contributed by atoms with Gasteiger partial charge in [0.15, 0.2) is 0 Å². The maximum absolute atomic E-state index is 12.8. The summed E-state index contributed by atoms with van der Waals surface area (Å²) in [6, 6.07) is 3.98. The van der Waals surface area contributed by atoms with Crippen molar-refractivity contribution in [3.8, 4) is 0 Å². The van der Waals surface area contributed by atoms with Gasteiger partial charge in [-0.2, -0.15) is 0 Å². The van der Waals surface area contributed by atoms with Gasteiger partial charge in [0.25, 0.3) is 11.6 Å². The van der Waals surface area contributed by atoms with Crippen LogP contribution in [0, 0.1) is 17.0 Å². The van der Waals surface area contributed by atoms with Gasteiger partial charge in [-0.25, -0.2) is 0 Å². The number of carbonyl (C=O) groups is 2. The van der Waals surface area contributed by atoms with E-state index < -0.39 is 11.0 Å². The van der Waals surface area contributed by atoms with Gasteiger partial charge in [-0.3, -0.25) is 19.7 Å². The number of nitro groups is 1. The fourth-order valence-corrected chi connectivity index (χ4v) is 3.52. The lowest BCUT2D eigenvalue weighted by atomic mass is 10.1. The van der Waals surface area contributed by atoms with E-state index in [-0.39, 0.29) is 23.5 Å². The number of hydrogen-bond donors (Lipinski definition) is 2. The van der Waals surface area contributed by atoms with E-state index in [0.717, 1.165) is 25.9 Å². The first-order valence-corrected chi connectivity index (χ1v) is 8.54. The van der Waals surface area contributed by atoms with Gasteiger partial charge in [0, 0.05) is 36.3 Å². The van der Waals surface area contributed by atoms with Crippen molar-refractivity contribution in [2.75, 3.05) is 19.6 Å². The van der Waals surface area contributed by atoms with Gasteiger partial charge in [-0.05, 0) is 44.9 Å². The average Bonchev–Trinajstić information content (AvgIpc) is 3.24. The molecule has 3 rings (SSSR count). The Morgan fingerprint density at radius 2 is 2.16 bits per heavy atom. The summed E-state index contributed by atoms with van der Waals surface area (Å²) in [6.07, 6.45) is 2.32. The third kappa shape index (κ3) is 3.63. The topological polar surface area (TPSA) is 105 Å². The van der Waals surface area contributed by atoms with Gasteiger partial charge in [0.05, 0.1) is 4.92 Å². The zero-order valence-electron chi connectivity index (χ0n) is 14.2. The minimum atomic E-state index is -0.469. The second-order valence-corrected chi connectivity index (χ2v) is 6.61. The third-order valence-corrected chi connectivity index (χ3v) is 4.86. The molecule has 2 amide bonds. The molecule has 2 aliphatic heterocycles. The largest absolute Gasteiger partial charge is 0.350 e. The minimum Gasteiger partial charge on any atom is -0.350 e. The van der Waals surface area contributed by atoms with Crippen LogP contribution >= 0.6 is 0 Å². The molecule has 0 aromatic heterocycles. The quantitative estimate of drug-likeness (QED) is 0.625. The van der Waals surface area contributed by atoms with Gasteiger partial charge in [0.1, 0.15) is 6.04 Å². The Morgan fingerprint density at radius 1 is 1.36 bits per heavy atom. The van der Waals surface area contributed by atoms with Crippen LogP contribution in [0.2, 0.25) is 0 Å². The van der Waals surface area contributed by atoms with Crippen LogP contribution in [0.4, 0.5) is 5.69 Å². The summed E-state index contributed by atoms with van der Waals surface area (Å²) < 4.78 is 0. The Bertz CT molecular complexity index is 700. The maximum atomic E-state index is 12.8. The molecule has 2 atom stereocenters. The lowest BCUT2D eigenvalue weighted by molar-refractivity contribution is -0.385. The number of rotatable bonds is 4. The summed E-state index contributed by atoms with van der Waals surface area (Å²) >= 11 is 0. The van der Waals surface area contributed by atoms with Gasteiger partial charge < -0.3 is 15.5 Å². The van der Waals surface area contributed by atoms with E-state index in [1.54, 1.807) is 11.8 Å². The number of nitrogens with zero attached hydrogens (tertiary/aromatic N) is 2. The molecule has 2 heterocycles. The Morgan fingerprint density at radius 3 is 2.80 bits per heavy atom. The normalized spacial score (nSPS) is 22.8. The number of aryl methyl sites for hydroxylation is 1. The predicted molar refractivity (Wildman–Crippen MR) is 91.3 cm³/mol. The third-order valence-electron chi connectivity index (χ3n) is 4.86. The maximum Gasteiger partial charge on any atom is 0.272 e. The minimum absolute atomic E-state index is 0.0130. The molecular weight excluding hydrogens is 324 g/mol. The highest BCUT2D eigenvalue weighted by Gasteiger charge is 2.35. The summed E-state index contributed by atoms with van der Waals surface area (Å²) in [5.41, 5.74) is 0.805. The Hall–Kier alpha value is -2.48. The molecule has 0 bridgehead atoms. The monoisotopic (exact) mass is 346 g/mol. The summed E-state index contributed by atoms with van der Waals surface area (Å²) in [5.74, 6) is -0.363. The van der Waals surface area contributed by atoms with Gasteiger partial charge in [0.2, 0.25) is 5.91 Å². The smallest absolute Gasteiger partial charge is 0.272 e. The van der Waals surface area contributed by atoms with Gasteiger partial charge in [-0.15, -0.1) is 0 Å². The first-order valence-electron chi connectivity index (χ1n) is 8.54.